The molecule has 0 aromatic heterocycles. The molecule has 2 aromatic rings. The van der Waals surface area contributed by atoms with Gasteiger partial charge in [-0.3, -0.25) is 9.79 Å². The molecule has 0 atom stereocenters. The number of rotatable bonds is 5. The van der Waals surface area contributed by atoms with E-state index in [4.69, 9.17) is 4.74 Å². The predicted octanol–water partition coefficient (Wildman–Crippen LogP) is 4.24. The van der Waals surface area contributed by atoms with E-state index in [2.05, 4.69) is 4.99 Å². The maximum Gasteiger partial charge on any atom is 0.185 e. The SMILES string of the molecule is COc1ccc(C(=O)CN(C2=NCCS2)c2cccc(C)c2C)c(F)c1. The number of hydrogen-bond acceptors (Lipinski definition) is 5. The summed E-state index contributed by atoms with van der Waals surface area (Å²) in [5, 5.41) is 0.806. The lowest BCUT2D eigenvalue weighted by Gasteiger charge is -2.26. The van der Waals surface area contributed by atoms with Crippen LogP contribution in [0.5, 0.6) is 5.75 Å². The van der Waals surface area contributed by atoms with E-state index in [-0.39, 0.29) is 17.9 Å². The molecule has 3 rings (SSSR count). The lowest BCUT2D eigenvalue weighted by atomic mass is 10.1. The Bertz CT molecular complexity index is 867. The standard InChI is InChI=1S/C20H21FN2O2S/c1-13-5-4-6-18(14(13)2)23(20-22-9-10-26-20)12-19(24)16-8-7-15(25-3)11-17(16)21/h4-8,11H,9-10,12H2,1-3H3. The molecule has 4 nitrogen and oxygen atoms in total. The number of benzene rings is 2. The second-order valence-corrected chi connectivity index (χ2v) is 7.15. The van der Waals surface area contributed by atoms with Crippen LogP contribution in [-0.2, 0) is 0 Å². The van der Waals surface area contributed by atoms with Crippen LogP contribution in [0.2, 0.25) is 0 Å². The van der Waals surface area contributed by atoms with E-state index < -0.39 is 5.82 Å². The number of aryl methyl sites for hydroxylation is 1. The molecule has 2 aromatic carbocycles. The molecule has 136 valence electrons. The number of aliphatic imine (C=N–C) groups is 1. The van der Waals surface area contributed by atoms with Gasteiger partial charge in [0.05, 0.1) is 25.8 Å². The summed E-state index contributed by atoms with van der Waals surface area (Å²) in [6.45, 7) is 4.83. The maximum atomic E-state index is 14.3. The molecular weight excluding hydrogens is 351 g/mol. The Hall–Kier alpha value is -2.34. The van der Waals surface area contributed by atoms with Crippen molar-refractivity contribution in [2.45, 2.75) is 13.8 Å². The van der Waals surface area contributed by atoms with Crippen molar-refractivity contribution in [2.24, 2.45) is 4.99 Å². The molecule has 0 saturated heterocycles. The fourth-order valence-corrected chi connectivity index (χ4v) is 3.72. The van der Waals surface area contributed by atoms with E-state index in [0.29, 0.717) is 5.75 Å². The number of nitrogens with zero attached hydrogens (tertiary/aromatic N) is 2. The quantitative estimate of drug-likeness (QED) is 0.736. The van der Waals surface area contributed by atoms with E-state index in [1.807, 2.05) is 36.9 Å². The molecule has 0 radical (unpaired) electrons. The smallest absolute Gasteiger partial charge is 0.185 e. The summed E-state index contributed by atoms with van der Waals surface area (Å²) >= 11 is 1.62. The van der Waals surface area contributed by atoms with Crippen molar-refractivity contribution in [3.63, 3.8) is 0 Å². The predicted molar refractivity (Wildman–Crippen MR) is 105 cm³/mol. The van der Waals surface area contributed by atoms with Crippen molar-refractivity contribution < 1.29 is 13.9 Å². The molecule has 0 bridgehead atoms. The average Bonchev–Trinajstić information content (AvgIpc) is 3.16. The van der Waals surface area contributed by atoms with E-state index in [9.17, 15) is 9.18 Å². The third-order valence-corrected chi connectivity index (χ3v) is 5.44. The Morgan fingerprint density at radius 2 is 2.12 bits per heavy atom. The van der Waals surface area contributed by atoms with Crippen molar-refractivity contribution >= 4 is 28.4 Å². The summed E-state index contributed by atoms with van der Waals surface area (Å²) in [7, 11) is 1.47. The van der Waals surface area contributed by atoms with Gasteiger partial charge in [0.15, 0.2) is 11.0 Å². The topological polar surface area (TPSA) is 41.9 Å². The van der Waals surface area contributed by atoms with Crippen LogP contribution in [0.4, 0.5) is 10.1 Å². The van der Waals surface area contributed by atoms with Gasteiger partial charge in [0.2, 0.25) is 0 Å². The molecule has 0 aliphatic carbocycles. The average molecular weight is 372 g/mol. The van der Waals surface area contributed by atoms with Crippen LogP contribution in [0.25, 0.3) is 0 Å². The Labute approximate surface area is 157 Å². The van der Waals surface area contributed by atoms with Gasteiger partial charge >= 0.3 is 0 Å². The van der Waals surface area contributed by atoms with Crippen LogP contribution in [0, 0.1) is 19.7 Å². The second-order valence-electron chi connectivity index (χ2n) is 6.09. The number of halogens is 1. The second kappa shape index (κ2) is 7.91. The first-order valence-electron chi connectivity index (χ1n) is 8.39. The van der Waals surface area contributed by atoms with Crippen LogP contribution in [0.15, 0.2) is 41.4 Å². The van der Waals surface area contributed by atoms with Crippen molar-refractivity contribution in [1.82, 2.24) is 0 Å². The fraction of sp³-hybridized carbons (Fsp3) is 0.300. The molecule has 6 heteroatoms. The third-order valence-electron chi connectivity index (χ3n) is 4.45. The Morgan fingerprint density at radius 1 is 1.31 bits per heavy atom. The highest BCUT2D eigenvalue weighted by atomic mass is 32.2. The molecule has 0 saturated carbocycles. The van der Waals surface area contributed by atoms with Gasteiger partial charge < -0.3 is 9.64 Å². The first-order chi connectivity index (χ1) is 12.5. The molecule has 0 amide bonds. The minimum atomic E-state index is -0.573. The van der Waals surface area contributed by atoms with Gasteiger partial charge in [0.1, 0.15) is 11.6 Å². The third kappa shape index (κ3) is 3.75. The first kappa shape index (κ1) is 18.5. The molecule has 0 fully saturated rings. The molecule has 26 heavy (non-hydrogen) atoms. The zero-order valence-corrected chi connectivity index (χ0v) is 15.9. The highest BCUT2D eigenvalue weighted by molar-refractivity contribution is 8.14. The van der Waals surface area contributed by atoms with E-state index >= 15 is 0 Å². The number of methoxy groups -OCH3 is 1. The minimum Gasteiger partial charge on any atom is -0.497 e. The van der Waals surface area contributed by atoms with Gasteiger partial charge in [0.25, 0.3) is 0 Å². The van der Waals surface area contributed by atoms with Crippen LogP contribution in [-0.4, -0.2) is 36.9 Å². The fourth-order valence-electron chi connectivity index (χ4n) is 2.85. The highest BCUT2D eigenvalue weighted by Gasteiger charge is 2.24. The normalized spacial score (nSPS) is 13.5. The van der Waals surface area contributed by atoms with Crippen molar-refractivity contribution in [3.8, 4) is 5.75 Å². The number of ether oxygens (including phenoxy) is 1. The Balaban J connectivity index is 1.93. The van der Waals surface area contributed by atoms with Gasteiger partial charge in [-0.25, -0.2) is 4.39 Å². The molecule has 0 unspecified atom stereocenters. The summed E-state index contributed by atoms with van der Waals surface area (Å²) in [6, 6.07) is 10.3. The number of carbonyl (C=O) groups is 1. The number of hydrogen-bond donors (Lipinski definition) is 0. The van der Waals surface area contributed by atoms with E-state index in [0.717, 1.165) is 34.3 Å². The zero-order chi connectivity index (χ0) is 18.7. The van der Waals surface area contributed by atoms with Crippen molar-refractivity contribution in [2.75, 3.05) is 30.9 Å². The van der Waals surface area contributed by atoms with Gasteiger partial charge in [0, 0.05) is 17.5 Å². The van der Waals surface area contributed by atoms with E-state index in [1.165, 1.54) is 19.2 Å². The van der Waals surface area contributed by atoms with Crippen molar-refractivity contribution in [3.05, 3.63) is 58.9 Å². The van der Waals surface area contributed by atoms with Crippen LogP contribution >= 0.6 is 11.8 Å². The summed E-state index contributed by atoms with van der Waals surface area (Å²) in [6.07, 6.45) is 0. The van der Waals surface area contributed by atoms with Crippen LogP contribution in [0.1, 0.15) is 21.5 Å². The summed E-state index contributed by atoms with van der Waals surface area (Å²) < 4.78 is 19.3. The molecule has 1 aliphatic rings. The number of carbonyl (C=O) groups excluding carboxylic acids is 1. The molecule has 1 heterocycles. The zero-order valence-electron chi connectivity index (χ0n) is 15.1. The largest absolute Gasteiger partial charge is 0.497 e. The highest BCUT2D eigenvalue weighted by Crippen LogP contribution is 2.28. The van der Waals surface area contributed by atoms with Gasteiger partial charge in [-0.1, -0.05) is 23.9 Å². The molecular formula is C20H21FN2O2S. The monoisotopic (exact) mass is 372 g/mol. The number of Topliss-reactive ketones (excluding diaryl/α,β-unsaturated/α-hetero) is 1. The van der Waals surface area contributed by atoms with Crippen LogP contribution in [0.3, 0.4) is 0 Å². The molecule has 0 N–H and O–H groups in total. The van der Waals surface area contributed by atoms with Gasteiger partial charge in [-0.15, -0.1) is 0 Å². The number of ketones is 1. The minimum absolute atomic E-state index is 0.0410. The summed E-state index contributed by atoms with van der Waals surface area (Å²) in [5.74, 6) is 0.417. The lowest BCUT2D eigenvalue weighted by molar-refractivity contribution is 0.0998. The molecule has 1 aliphatic heterocycles. The van der Waals surface area contributed by atoms with Crippen LogP contribution < -0.4 is 9.64 Å². The maximum absolute atomic E-state index is 14.3. The molecule has 0 spiro atoms. The van der Waals surface area contributed by atoms with Gasteiger partial charge in [-0.05, 0) is 43.2 Å². The van der Waals surface area contributed by atoms with Crippen molar-refractivity contribution in [1.29, 1.82) is 0 Å². The number of amidine groups is 1. The van der Waals surface area contributed by atoms with E-state index in [1.54, 1.807) is 17.8 Å². The summed E-state index contributed by atoms with van der Waals surface area (Å²) in [5.41, 5.74) is 3.22. The number of thioether (sulfide) groups is 1. The Morgan fingerprint density at radius 3 is 2.77 bits per heavy atom. The Kier molecular flexibility index (Phi) is 5.61. The lowest BCUT2D eigenvalue weighted by Crippen LogP contribution is -2.34. The summed E-state index contributed by atoms with van der Waals surface area (Å²) in [4.78, 5) is 19.2. The van der Waals surface area contributed by atoms with Gasteiger partial charge in [-0.2, -0.15) is 0 Å². The number of anilines is 1. The first-order valence-corrected chi connectivity index (χ1v) is 9.37.